The smallest absolute Gasteiger partial charge is 0.264 e. The standard InChI is InChI=1S/C19H24N4O4S2/c1-3-14(2)23(13-15-5-4-12-27-15)11-10-20-29(25,26)19-9-7-17(28-19)16-6-8-18(24)22-21-16/h4-9,12,14,20H,3,10-11,13H2,1-2H3,(H,22,24)/t14-/m0/s1. The van der Waals surface area contributed by atoms with Gasteiger partial charge in [0.25, 0.3) is 5.56 Å². The number of H-pyrrole nitrogens is 1. The summed E-state index contributed by atoms with van der Waals surface area (Å²) in [6.07, 6.45) is 2.59. The number of furan rings is 1. The van der Waals surface area contributed by atoms with Gasteiger partial charge >= 0.3 is 0 Å². The molecule has 3 rings (SSSR count). The van der Waals surface area contributed by atoms with Crippen molar-refractivity contribution in [3.8, 4) is 10.6 Å². The maximum absolute atomic E-state index is 12.7. The molecule has 0 saturated heterocycles. The summed E-state index contributed by atoms with van der Waals surface area (Å²) in [6.45, 7) is 5.69. The normalized spacial score (nSPS) is 13.1. The summed E-state index contributed by atoms with van der Waals surface area (Å²) < 4.78 is 33.6. The van der Waals surface area contributed by atoms with Crippen LogP contribution in [0.3, 0.4) is 0 Å². The Morgan fingerprint density at radius 1 is 1.28 bits per heavy atom. The molecule has 0 unspecified atom stereocenters. The molecule has 1 atom stereocenters. The molecule has 0 amide bonds. The Morgan fingerprint density at radius 3 is 2.76 bits per heavy atom. The monoisotopic (exact) mass is 436 g/mol. The highest BCUT2D eigenvalue weighted by Gasteiger charge is 2.19. The number of nitrogens with zero attached hydrogens (tertiary/aromatic N) is 2. The van der Waals surface area contributed by atoms with Crippen LogP contribution in [-0.4, -0.2) is 42.6 Å². The zero-order valence-electron chi connectivity index (χ0n) is 16.3. The lowest BCUT2D eigenvalue weighted by Gasteiger charge is -2.27. The van der Waals surface area contributed by atoms with Gasteiger partial charge in [-0.2, -0.15) is 5.10 Å². The Balaban J connectivity index is 1.63. The van der Waals surface area contributed by atoms with Gasteiger partial charge in [0.05, 0.1) is 17.7 Å². The summed E-state index contributed by atoms with van der Waals surface area (Å²) >= 11 is 1.11. The second-order valence-corrected chi connectivity index (χ2v) is 9.71. The van der Waals surface area contributed by atoms with Crippen LogP contribution in [0.4, 0.5) is 0 Å². The van der Waals surface area contributed by atoms with Crippen LogP contribution in [0.15, 0.2) is 56.1 Å². The predicted octanol–water partition coefficient (Wildman–Crippen LogP) is 2.67. The van der Waals surface area contributed by atoms with Crippen molar-refractivity contribution in [1.29, 1.82) is 0 Å². The number of rotatable bonds is 10. The highest BCUT2D eigenvalue weighted by atomic mass is 32.2. The molecular weight excluding hydrogens is 412 g/mol. The van der Waals surface area contributed by atoms with Gasteiger partial charge in [0.15, 0.2) is 0 Å². The molecule has 3 aromatic heterocycles. The van der Waals surface area contributed by atoms with E-state index in [0.717, 1.165) is 23.5 Å². The van der Waals surface area contributed by atoms with E-state index < -0.39 is 10.0 Å². The molecule has 3 heterocycles. The predicted molar refractivity (Wildman–Crippen MR) is 112 cm³/mol. The molecule has 3 aromatic rings. The number of aromatic amines is 1. The quantitative estimate of drug-likeness (QED) is 0.506. The molecule has 0 bridgehead atoms. The fourth-order valence-corrected chi connectivity index (χ4v) is 5.14. The molecule has 0 saturated carbocycles. The maximum atomic E-state index is 12.7. The van der Waals surface area contributed by atoms with Gasteiger partial charge in [-0.1, -0.05) is 6.92 Å². The Kier molecular flexibility index (Phi) is 7.01. The number of nitrogens with one attached hydrogen (secondary N) is 2. The largest absolute Gasteiger partial charge is 0.468 e. The summed E-state index contributed by atoms with van der Waals surface area (Å²) in [5.74, 6) is 0.851. The van der Waals surface area contributed by atoms with Gasteiger partial charge < -0.3 is 4.42 Å². The van der Waals surface area contributed by atoms with Crippen LogP contribution in [0.1, 0.15) is 26.0 Å². The van der Waals surface area contributed by atoms with Gasteiger partial charge in [-0.25, -0.2) is 18.2 Å². The Morgan fingerprint density at radius 2 is 2.10 bits per heavy atom. The fourth-order valence-electron chi connectivity index (χ4n) is 2.79. The SMILES string of the molecule is CC[C@H](C)N(CCNS(=O)(=O)c1ccc(-c2ccc(=O)[nH]n2)s1)Cc1ccco1. The highest BCUT2D eigenvalue weighted by Crippen LogP contribution is 2.28. The lowest BCUT2D eigenvalue weighted by molar-refractivity contribution is 0.184. The van der Waals surface area contributed by atoms with Gasteiger partial charge in [0.2, 0.25) is 10.0 Å². The number of hydrogen-bond donors (Lipinski definition) is 2. The van der Waals surface area contributed by atoms with Gasteiger partial charge in [-0.15, -0.1) is 11.3 Å². The first-order valence-corrected chi connectivity index (χ1v) is 11.6. The third-order valence-electron chi connectivity index (χ3n) is 4.62. The second kappa shape index (κ2) is 9.49. The van der Waals surface area contributed by atoms with E-state index in [4.69, 9.17) is 4.42 Å². The highest BCUT2D eigenvalue weighted by molar-refractivity contribution is 7.91. The number of hydrogen-bond acceptors (Lipinski definition) is 7. The molecule has 8 nitrogen and oxygen atoms in total. The van der Waals surface area contributed by atoms with Crippen molar-refractivity contribution in [3.63, 3.8) is 0 Å². The molecule has 156 valence electrons. The van der Waals surface area contributed by atoms with Gasteiger partial charge in [0.1, 0.15) is 15.7 Å². The molecule has 0 aliphatic rings. The van der Waals surface area contributed by atoms with Gasteiger partial charge in [-0.3, -0.25) is 9.69 Å². The minimum Gasteiger partial charge on any atom is -0.468 e. The zero-order valence-corrected chi connectivity index (χ0v) is 17.9. The maximum Gasteiger partial charge on any atom is 0.264 e. The average molecular weight is 437 g/mol. The lowest BCUT2D eigenvalue weighted by Crippen LogP contribution is -2.39. The molecule has 10 heteroatoms. The van der Waals surface area contributed by atoms with Gasteiger partial charge in [0, 0.05) is 25.2 Å². The molecule has 29 heavy (non-hydrogen) atoms. The van der Waals surface area contributed by atoms with Crippen LogP contribution in [-0.2, 0) is 16.6 Å². The van der Waals surface area contributed by atoms with Crippen molar-refractivity contribution in [2.75, 3.05) is 13.1 Å². The Labute approximate surface area is 173 Å². The third kappa shape index (κ3) is 5.63. The molecular formula is C19H24N4O4S2. The van der Waals surface area contributed by atoms with E-state index in [1.807, 2.05) is 12.1 Å². The average Bonchev–Trinajstić information content (AvgIpc) is 3.39. The van der Waals surface area contributed by atoms with Crippen LogP contribution in [0.5, 0.6) is 0 Å². The summed E-state index contributed by atoms with van der Waals surface area (Å²) in [5, 5.41) is 6.29. The number of sulfonamides is 1. The first-order valence-electron chi connectivity index (χ1n) is 9.31. The first-order chi connectivity index (χ1) is 13.9. The van der Waals surface area contributed by atoms with Crippen molar-refractivity contribution in [1.82, 2.24) is 19.8 Å². The van der Waals surface area contributed by atoms with E-state index in [1.165, 1.54) is 6.07 Å². The Hall–Kier alpha value is -2.27. The van der Waals surface area contributed by atoms with Crippen LogP contribution in [0, 0.1) is 0 Å². The number of aromatic nitrogens is 2. The van der Waals surface area contributed by atoms with Crippen LogP contribution < -0.4 is 10.3 Å². The van der Waals surface area contributed by atoms with Crippen LogP contribution in [0.2, 0.25) is 0 Å². The summed E-state index contributed by atoms with van der Waals surface area (Å²) in [7, 11) is -3.63. The lowest BCUT2D eigenvalue weighted by atomic mass is 10.2. The topological polar surface area (TPSA) is 108 Å². The third-order valence-corrected chi connectivity index (χ3v) is 7.68. The molecule has 2 N–H and O–H groups in total. The van der Waals surface area contributed by atoms with Crippen molar-refractivity contribution < 1.29 is 12.8 Å². The van der Waals surface area contributed by atoms with E-state index in [-0.39, 0.29) is 16.3 Å². The molecule has 0 radical (unpaired) electrons. The Bertz CT molecular complexity index is 1050. The van der Waals surface area contributed by atoms with E-state index >= 15 is 0 Å². The number of thiophene rings is 1. The summed E-state index contributed by atoms with van der Waals surface area (Å²) in [6, 6.07) is 10.2. The molecule has 0 fully saturated rings. The first kappa shape index (κ1) is 21.4. The van der Waals surface area contributed by atoms with E-state index in [2.05, 4.69) is 33.7 Å². The van der Waals surface area contributed by atoms with Gasteiger partial charge in [-0.05, 0) is 43.7 Å². The van der Waals surface area contributed by atoms with Crippen molar-refractivity contribution in [3.05, 3.63) is 58.8 Å². The van der Waals surface area contributed by atoms with Crippen LogP contribution in [0.25, 0.3) is 10.6 Å². The molecule has 0 aromatic carbocycles. The van der Waals surface area contributed by atoms with Crippen molar-refractivity contribution in [2.45, 2.75) is 37.1 Å². The van der Waals surface area contributed by atoms with E-state index in [1.54, 1.807) is 24.5 Å². The van der Waals surface area contributed by atoms with Crippen molar-refractivity contribution >= 4 is 21.4 Å². The minimum atomic E-state index is -3.63. The second-order valence-electron chi connectivity index (χ2n) is 6.63. The molecule has 0 spiro atoms. The summed E-state index contributed by atoms with van der Waals surface area (Å²) in [5.41, 5.74) is 0.220. The molecule has 0 aliphatic heterocycles. The zero-order chi connectivity index (χ0) is 20.9. The van der Waals surface area contributed by atoms with E-state index in [0.29, 0.717) is 29.7 Å². The van der Waals surface area contributed by atoms with Crippen molar-refractivity contribution in [2.24, 2.45) is 0 Å². The van der Waals surface area contributed by atoms with E-state index in [9.17, 15) is 13.2 Å². The summed E-state index contributed by atoms with van der Waals surface area (Å²) in [4.78, 5) is 14.0. The van der Waals surface area contributed by atoms with Crippen LogP contribution >= 0.6 is 11.3 Å². The molecule has 0 aliphatic carbocycles. The minimum absolute atomic E-state index is 0.210. The fraction of sp³-hybridized carbons (Fsp3) is 0.368.